The first-order chi connectivity index (χ1) is 11.5. The van der Waals surface area contributed by atoms with Gasteiger partial charge in [-0.2, -0.15) is 0 Å². The molecule has 1 heterocycles. The SMILES string of the molecule is Cc1cc2ncn(C(=O)C=Cc3cccc([N+](=O)[O-])c3)c2cc1C. The predicted molar refractivity (Wildman–Crippen MR) is 92.0 cm³/mol. The van der Waals surface area contributed by atoms with Gasteiger partial charge in [0, 0.05) is 18.2 Å². The highest BCUT2D eigenvalue weighted by Gasteiger charge is 2.09. The fourth-order valence-corrected chi connectivity index (χ4v) is 2.43. The van der Waals surface area contributed by atoms with Gasteiger partial charge in [0.2, 0.25) is 0 Å². The first-order valence-electron chi connectivity index (χ1n) is 7.37. The first kappa shape index (κ1) is 15.6. The molecule has 6 heteroatoms. The highest BCUT2D eigenvalue weighted by atomic mass is 16.6. The molecule has 0 saturated carbocycles. The number of imidazole rings is 1. The maximum atomic E-state index is 12.4. The van der Waals surface area contributed by atoms with Crippen LogP contribution in [-0.4, -0.2) is 20.4 Å². The van der Waals surface area contributed by atoms with Gasteiger partial charge < -0.3 is 0 Å². The molecule has 0 aliphatic rings. The fraction of sp³-hybridized carbons (Fsp3) is 0.111. The lowest BCUT2D eigenvalue weighted by molar-refractivity contribution is -0.384. The van der Waals surface area contributed by atoms with Crippen molar-refractivity contribution in [2.45, 2.75) is 13.8 Å². The van der Waals surface area contributed by atoms with Crippen LogP contribution in [0.2, 0.25) is 0 Å². The Kier molecular flexibility index (Phi) is 3.95. The Hall–Kier alpha value is -3.28. The van der Waals surface area contributed by atoms with Crippen molar-refractivity contribution in [1.82, 2.24) is 9.55 Å². The van der Waals surface area contributed by atoms with Gasteiger partial charge in [0.25, 0.3) is 11.6 Å². The van der Waals surface area contributed by atoms with E-state index in [1.165, 1.54) is 29.1 Å². The van der Waals surface area contributed by atoms with Crippen molar-refractivity contribution >= 4 is 28.7 Å². The minimum absolute atomic E-state index is 0.0104. The number of allylic oxidation sites excluding steroid dienone is 1. The van der Waals surface area contributed by atoms with Gasteiger partial charge in [-0.1, -0.05) is 12.1 Å². The number of non-ortho nitro benzene ring substituents is 1. The molecule has 0 saturated heterocycles. The summed E-state index contributed by atoms with van der Waals surface area (Å²) in [7, 11) is 0. The number of benzene rings is 2. The number of hydrogen-bond acceptors (Lipinski definition) is 4. The summed E-state index contributed by atoms with van der Waals surface area (Å²) in [4.78, 5) is 27.0. The number of aryl methyl sites for hydroxylation is 2. The highest BCUT2D eigenvalue weighted by molar-refractivity contribution is 5.99. The van der Waals surface area contributed by atoms with Gasteiger partial charge in [-0.25, -0.2) is 4.98 Å². The van der Waals surface area contributed by atoms with Crippen LogP contribution in [-0.2, 0) is 0 Å². The zero-order chi connectivity index (χ0) is 17.3. The van der Waals surface area contributed by atoms with Gasteiger partial charge >= 0.3 is 0 Å². The zero-order valence-corrected chi connectivity index (χ0v) is 13.3. The molecule has 0 atom stereocenters. The van der Waals surface area contributed by atoms with Crippen LogP contribution in [0.3, 0.4) is 0 Å². The Bertz CT molecular complexity index is 986. The summed E-state index contributed by atoms with van der Waals surface area (Å²) >= 11 is 0. The molecular formula is C18H15N3O3. The molecule has 24 heavy (non-hydrogen) atoms. The minimum Gasteiger partial charge on any atom is -0.269 e. The van der Waals surface area contributed by atoms with Crippen LogP contribution in [0.25, 0.3) is 17.1 Å². The quantitative estimate of drug-likeness (QED) is 0.416. The molecule has 0 fully saturated rings. The second-order valence-corrected chi connectivity index (χ2v) is 5.56. The number of nitrogens with zero attached hydrogens (tertiary/aromatic N) is 3. The van der Waals surface area contributed by atoms with E-state index in [1.54, 1.807) is 18.2 Å². The second kappa shape index (κ2) is 6.08. The van der Waals surface area contributed by atoms with Gasteiger partial charge in [0.15, 0.2) is 0 Å². The van der Waals surface area contributed by atoms with Crippen LogP contribution in [0, 0.1) is 24.0 Å². The average molecular weight is 321 g/mol. The van der Waals surface area contributed by atoms with Crippen LogP contribution in [0.4, 0.5) is 5.69 Å². The molecule has 6 nitrogen and oxygen atoms in total. The molecule has 3 rings (SSSR count). The molecule has 120 valence electrons. The molecule has 2 aromatic carbocycles. The maximum absolute atomic E-state index is 12.4. The largest absolute Gasteiger partial charge is 0.270 e. The number of fused-ring (bicyclic) bond motifs is 1. The van der Waals surface area contributed by atoms with Crippen LogP contribution < -0.4 is 0 Å². The standard InChI is InChI=1S/C18H15N3O3/c1-12-8-16-17(9-13(12)2)20(11-19-16)18(22)7-6-14-4-3-5-15(10-14)21(23)24/h3-11H,1-2H3. The molecule has 0 unspecified atom stereocenters. The Morgan fingerprint density at radius 2 is 1.96 bits per heavy atom. The van der Waals surface area contributed by atoms with Crippen molar-refractivity contribution in [2.75, 3.05) is 0 Å². The summed E-state index contributed by atoms with van der Waals surface area (Å²) in [5.41, 5.74) is 4.28. The molecule has 1 aromatic heterocycles. The topological polar surface area (TPSA) is 78.0 Å². The third kappa shape index (κ3) is 2.94. The molecule has 0 aliphatic carbocycles. The van der Waals surface area contributed by atoms with Gasteiger partial charge in [0.05, 0.1) is 16.0 Å². The van der Waals surface area contributed by atoms with E-state index in [2.05, 4.69) is 4.98 Å². The summed E-state index contributed by atoms with van der Waals surface area (Å²) in [5.74, 6) is -0.257. The van der Waals surface area contributed by atoms with E-state index in [9.17, 15) is 14.9 Å². The van der Waals surface area contributed by atoms with E-state index < -0.39 is 4.92 Å². The predicted octanol–water partition coefficient (Wildman–Crippen LogP) is 3.91. The van der Waals surface area contributed by atoms with Gasteiger partial charge in [-0.3, -0.25) is 19.5 Å². The summed E-state index contributed by atoms with van der Waals surface area (Å²) < 4.78 is 1.47. The van der Waals surface area contributed by atoms with Crippen molar-refractivity contribution in [1.29, 1.82) is 0 Å². The van der Waals surface area contributed by atoms with Gasteiger partial charge in [-0.15, -0.1) is 0 Å². The fourth-order valence-electron chi connectivity index (χ4n) is 2.43. The van der Waals surface area contributed by atoms with Crippen molar-refractivity contribution < 1.29 is 9.72 Å². The molecular weight excluding hydrogens is 306 g/mol. The number of carbonyl (C=O) groups is 1. The van der Waals surface area contributed by atoms with Gasteiger partial charge in [-0.05, 0) is 48.7 Å². The Morgan fingerprint density at radius 1 is 1.21 bits per heavy atom. The van der Waals surface area contributed by atoms with Crippen molar-refractivity contribution in [3.05, 3.63) is 75.6 Å². The van der Waals surface area contributed by atoms with E-state index in [4.69, 9.17) is 0 Å². The molecule has 0 N–H and O–H groups in total. The van der Waals surface area contributed by atoms with E-state index >= 15 is 0 Å². The van der Waals surface area contributed by atoms with E-state index in [1.807, 2.05) is 26.0 Å². The Labute approximate surface area is 138 Å². The summed E-state index contributed by atoms with van der Waals surface area (Å²) in [5, 5.41) is 10.8. The summed E-state index contributed by atoms with van der Waals surface area (Å²) in [6.45, 7) is 3.98. The summed E-state index contributed by atoms with van der Waals surface area (Å²) in [6, 6.07) is 9.99. The van der Waals surface area contributed by atoms with Crippen molar-refractivity contribution in [3.8, 4) is 0 Å². The lowest BCUT2D eigenvalue weighted by Gasteiger charge is -2.02. The first-order valence-corrected chi connectivity index (χ1v) is 7.37. The third-order valence-corrected chi connectivity index (χ3v) is 3.90. The number of hydrogen-bond donors (Lipinski definition) is 0. The lowest BCUT2D eigenvalue weighted by atomic mass is 10.1. The molecule has 0 amide bonds. The average Bonchev–Trinajstić information content (AvgIpc) is 2.96. The molecule has 0 bridgehead atoms. The second-order valence-electron chi connectivity index (χ2n) is 5.56. The van der Waals surface area contributed by atoms with E-state index in [0.29, 0.717) is 5.56 Å². The van der Waals surface area contributed by atoms with E-state index in [-0.39, 0.29) is 11.6 Å². The minimum atomic E-state index is -0.465. The molecule has 0 radical (unpaired) electrons. The normalized spacial score (nSPS) is 11.2. The number of rotatable bonds is 3. The van der Waals surface area contributed by atoms with Crippen LogP contribution in [0.1, 0.15) is 21.5 Å². The Morgan fingerprint density at radius 3 is 2.71 bits per heavy atom. The highest BCUT2D eigenvalue weighted by Crippen LogP contribution is 2.19. The monoisotopic (exact) mass is 321 g/mol. The molecule has 3 aromatic rings. The van der Waals surface area contributed by atoms with Crippen LogP contribution >= 0.6 is 0 Å². The van der Waals surface area contributed by atoms with Crippen LogP contribution in [0.15, 0.2) is 48.8 Å². The summed E-state index contributed by atoms with van der Waals surface area (Å²) in [6.07, 6.45) is 4.43. The number of nitro groups is 1. The Balaban J connectivity index is 1.91. The zero-order valence-electron chi connectivity index (χ0n) is 13.3. The lowest BCUT2D eigenvalue weighted by Crippen LogP contribution is -2.05. The van der Waals surface area contributed by atoms with Crippen molar-refractivity contribution in [3.63, 3.8) is 0 Å². The van der Waals surface area contributed by atoms with Crippen molar-refractivity contribution in [2.24, 2.45) is 0 Å². The van der Waals surface area contributed by atoms with Gasteiger partial charge in [0.1, 0.15) is 6.33 Å². The molecule has 0 spiro atoms. The third-order valence-electron chi connectivity index (χ3n) is 3.90. The number of carbonyl (C=O) groups excluding carboxylic acids is 1. The number of nitro benzene ring substituents is 1. The smallest absolute Gasteiger partial charge is 0.269 e. The van der Waals surface area contributed by atoms with E-state index in [0.717, 1.165) is 22.2 Å². The number of aromatic nitrogens is 2. The maximum Gasteiger partial charge on any atom is 0.270 e. The molecule has 0 aliphatic heterocycles. The van der Waals surface area contributed by atoms with Crippen LogP contribution in [0.5, 0.6) is 0 Å².